The molecule has 4 fully saturated rings. The molecule has 6 rings (SSSR count). The second-order valence-corrected chi connectivity index (χ2v) is 19.3. The highest BCUT2D eigenvalue weighted by Crippen LogP contribution is 2.77. The first-order valence-corrected chi connectivity index (χ1v) is 18.8. The van der Waals surface area contributed by atoms with E-state index in [1.54, 1.807) is 0 Å². The van der Waals surface area contributed by atoms with Gasteiger partial charge in [0.2, 0.25) is 0 Å². The molecule has 0 aliphatic heterocycles. The van der Waals surface area contributed by atoms with E-state index in [0.717, 1.165) is 45.1 Å². The number of benzene rings is 1. The van der Waals surface area contributed by atoms with Gasteiger partial charge >= 0.3 is 11.9 Å². The van der Waals surface area contributed by atoms with Crippen molar-refractivity contribution in [1.29, 1.82) is 0 Å². The Morgan fingerprint density at radius 2 is 1.56 bits per heavy atom. The van der Waals surface area contributed by atoms with E-state index >= 15 is 0 Å². The number of fused-ring (bicyclic) bond motifs is 7. The largest absolute Gasteiger partial charge is 0.481 e. The summed E-state index contributed by atoms with van der Waals surface area (Å²) in [5.41, 5.74) is 3.78. The first-order valence-electron chi connectivity index (χ1n) is 18.8. The van der Waals surface area contributed by atoms with Gasteiger partial charge in [0.25, 0.3) is 0 Å². The van der Waals surface area contributed by atoms with Crippen LogP contribution in [0.4, 0.5) is 0 Å². The van der Waals surface area contributed by atoms with E-state index in [9.17, 15) is 14.7 Å². The van der Waals surface area contributed by atoms with Crippen LogP contribution in [-0.2, 0) is 9.53 Å². The Balaban J connectivity index is 1.31. The summed E-state index contributed by atoms with van der Waals surface area (Å²) >= 11 is 0. The topological polar surface area (TPSA) is 66.8 Å². The minimum atomic E-state index is -0.599. The molecular weight excluding hydrogens is 594 g/mol. The van der Waals surface area contributed by atoms with Crippen molar-refractivity contribution in [2.24, 2.45) is 56.7 Å². The molecule has 9 atom stereocenters. The number of carbonyl (C=O) groups is 2. The van der Waals surface area contributed by atoms with Gasteiger partial charge in [-0.2, -0.15) is 0 Å². The predicted octanol–water partition coefficient (Wildman–Crippen LogP) is 9.92. The molecule has 1 N–H and O–H groups in total. The number of likely N-dealkylation sites (N-methyl/N-ethyl adjacent to an activating group) is 1. The van der Waals surface area contributed by atoms with E-state index < -0.39 is 17.0 Å². The Labute approximate surface area is 291 Å². The summed E-state index contributed by atoms with van der Waals surface area (Å²) < 4.78 is 5.62. The molecular formula is C43H63NO4. The van der Waals surface area contributed by atoms with Gasteiger partial charge in [0.15, 0.2) is 0 Å². The van der Waals surface area contributed by atoms with Crippen LogP contribution >= 0.6 is 0 Å². The van der Waals surface area contributed by atoms with Crippen LogP contribution in [0.25, 0.3) is 5.57 Å². The molecule has 0 bridgehead atoms. The highest BCUT2D eigenvalue weighted by atomic mass is 16.6. The zero-order valence-corrected chi connectivity index (χ0v) is 31.7. The average Bonchev–Trinajstić information content (AvgIpc) is 3.38. The third kappa shape index (κ3) is 5.18. The van der Waals surface area contributed by atoms with Crippen LogP contribution in [-0.4, -0.2) is 48.2 Å². The predicted molar refractivity (Wildman–Crippen MR) is 194 cm³/mol. The lowest BCUT2D eigenvalue weighted by Gasteiger charge is -2.72. The molecule has 5 nitrogen and oxygen atoms in total. The number of aliphatic carboxylic acids is 1. The SMILES string of the molecule is C=C(CN(C)C)C1CCC2(C(=O)O)CCC3(C)C(CCC4C5(C)CC=C(c6ccc(C(=O)OC(C)(C)C)cc6)C(C)(C)C5CCC43C)C12. The van der Waals surface area contributed by atoms with Crippen molar-refractivity contribution in [3.63, 3.8) is 0 Å². The number of esters is 1. The lowest BCUT2D eigenvalue weighted by molar-refractivity contribution is -0.228. The van der Waals surface area contributed by atoms with E-state index in [1.165, 1.54) is 36.0 Å². The van der Waals surface area contributed by atoms with E-state index in [-0.39, 0.29) is 33.5 Å². The van der Waals surface area contributed by atoms with E-state index in [1.807, 2.05) is 32.9 Å². The van der Waals surface area contributed by atoms with Crippen molar-refractivity contribution in [3.8, 4) is 0 Å². The Bertz CT molecular complexity index is 1500. The molecule has 264 valence electrons. The fourth-order valence-corrected chi connectivity index (χ4v) is 13.2. The maximum absolute atomic E-state index is 13.2. The van der Waals surface area contributed by atoms with Crippen molar-refractivity contribution < 1.29 is 19.4 Å². The summed E-state index contributed by atoms with van der Waals surface area (Å²) in [4.78, 5) is 28.1. The van der Waals surface area contributed by atoms with Gasteiger partial charge in [-0.3, -0.25) is 4.79 Å². The lowest BCUT2D eigenvalue weighted by Crippen LogP contribution is -2.66. The van der Waals surface area contributed by atoms with Crippen molar-refractivity contribution in [3.05, 3.63) is 53.6 Å². The van der Waals surface area contributed by atoms with Gasteiger partial charge in [0.1, 0.15) is 5.60 Å². The van der Waals surface area contributed by atoms with Gasteiger partial charge in [0, 0.05) is 6.54 Å². The first kappa shape index (κ1) is 35.4. The van der Waals surface area contributed by atoms with Gasteiger partial charge in [-0.05, 0) is 167 Å². The number of carboxylic acid groups (broad SMARTS) is 1. The molecule has 4 saturated carbocycles. The average molecular weight is 658 g/mol. The molecule has 0 radical (unpaired) electrons. The summed E-state index contributed by atoms with van der Waals surface area (Å²) in [6.45, 7) is 23.9. The number of carbonyl (C=O) groups excluding carboxylic acids is 1. The van der Waals surface area contributed by atoms with Crippen molar-refractivity contribution in [2.45, 2.75) is 119 Å². The Kier molecular flexibility index (Phi) is 8.54. The molecule has 48 heavy (non-hydrogen) atoms. The van der Waals surface area contributed by atoms with Gasteiger partial charge in [-0.15, -0.1) is 0 Å². The highest BCUT2D eigenvalue weighted by Gasteiger charge is 2.71. The molecule has 5 aliphatic carbocycles. The molecule has 5 aliphatic rings. The number of carboxylic acids is 1. The lowest BCUT2D eigenvalue weighted by atomic mass is 9.32. The fraction of sp³-hybridized carbons (Fsp3) is 0.721. The molecule has 5 heteroatoms. The number of rotatable bonds is 6. The molecule has 0 aromatic heterocycles. The minimum Gasteiger partial charge on any atom is -0.481 e. The van der Waals surface area contributed by atoms with Gasteiger partial charge in [0.05, 0.1) is 11.0 Å². The number of nitrogens with zero attached hydrogens (tertiary/aromatic N) is 1. The van der Waals surface area contributed by atoms with Crippen LogP contribution in [0.2, 0.25) is 0 Å². The smallest absolute Gasteiger partial charge is 0.338 e. The molecule has 0 spiro atoms. The molecule has 0 saturated heterocycles. The number of ether oxygens (including phenoxy) is 1. The van der Waals surface area contributed by atoms with Crippen molar-refractivity contribution >= 4 is 17.5 Å². The Morgan fingerprint density at radius 1 is 0.896 bits per heavy atom. The second kappa shape index (κ2) is 11.6. The minimum absolute atomic E-state index is 0.00892. The molecule has 0 heterocycles. The van der Waals surface area contributed by atoms with Crippen molar-refractivity contribution in [2.75, 3.05) is 20.6 Å². The van der Waals surface area contributed by atoms with E-state index in [4.69, 9.17) is 4.74 Å². The molecule has 0 amide bonds. The monoisotopic (exact) mass is 657 g/mol. The summed E-state index contributed by atoms with van der Waals surface area (Å²) in [6.07, 6.45) is 11.9. The Hall–Kier alpha value is -2.40. The van der Waals surface area contributed by atoms with Crippen LogP contribution in [0.5, 0.6) is 0 Å². The zero-order chi connectivity index (χ0) is 35.2. The maximum Gasteiger partial charge on any atom is 0.338 e. The zero-order valence-electron chi connectivity index (χ0n) is 31.7. The van der Waals surface area contributed by atoms with Crippen molar-refractivity contribution in [1.82, 2.24) is 4.90 Å². The van der Waals surface area contributed by atoms with Crippen LogP contribution in [0.3, 0.4) is 0 Å². The van der Waals surface area contributed by atoms with Gasteiger partial charge < -0.3 is 14.7 Å². The molecule has 9 unspecified atom stereocenters. The third-order valence-electron chi connectivity index (χ3n) is 15.3. The number of hydrogen-bond acceptors (Lipinski definition) is 4. The quantitative estimate of drug-likeness (QED) is 0.244. The second-order valence-electron chi connectivity index (χ2n) is 19.3. The summed E-state index contributed by atoms with van der Waals surface area (Å²) in [6, 6.07) is 8.09. The summed E-state index contributed by atoms with van der Waals surface area (Å²) in [7, 11) is 4.21. The van der Waals surface area contributed by atoms with Crippen LogP contribution in [0.15, 0.2) is 42.5 Å². The standard InChI is InChI=1S/C43H63NO4/c1-27(26-44(10)11)30-18-23-43(37(46)47)25-24-41(8)32(35(30)43)16-17-34-40(7)21-19-31(39(5,6)33(40)20-22-42(34,41)9)28-12-14-29(15-13-28)36(45)48-38(2,3)4/h12-15,19,30,32-35H,1,16-18,20-26H2,2-11H3,(H,46,47). The van der Waals surface area contributed by atoms with Gasteiger partial charge in [-0.1, -0.05) is 65.0 Å². The summed E-state index contributed by atoms with van der Waals surface area (Å²) in [5, 5.41) is 10.8. The van der Waals surface area contributed by atoms with E-state index in [0.29, 0.717) is 29.2 Å². The molecule has 1 aromatic carbocycles. The number of hydrogen-bond donors (Lipinski definition) is 1. The third-order valence-corrected chi connectivity index (χ3v) is 15.3. The van der Waals surface area contributed by atoms with Gasteiger partial charge in [-0.25, -0.2) is 4.79 Å². The normalized spacial score (nSPS) is 40.1. The van der Waals surface area contributed by atoms with E-state index in [2.05, 4.69) is 78.4 Å². The van der Waals surface area contributed by atoms with Crippen LogP contribution in [0.1, 0.15) is 129 Å². The first-order chi connectivity index (χ1) is 22.2. The number of allylic oxidation sites excluding steroid dienone is 2. The maximum atomic E-state index is 13.2. The fourth-order valence-electron chi connectivity index (χ4n) is 13.2. The highest BCUT2D eigenvalue weighted by molar-refractivity contribution is 5.90. The van der Waals surface area contributed by atoms with Crippen LogP contribution < -0.4 is 0 Å². The molecule has 1 aromatic rings. The summed E-state index contributed by atoms with van der Waals surface area (Å²) in [5.74, 6) is 1.21. The van der Waals surface area contributed by atoms with Crippen LogP contribution in [0, 0.1) is 56.7 Å². The Morgan fingerprint density at radius 3 is 2.17 bits per heavy atom.